The Hall–Kier alpha value is -2.68. The largest absolute Gasteiger partial charge is 0.322 e. The van der Waals surface area contributed by atoms with Crippen LogP contribution in [-0.2, 0) is 10.0 Å². The third-order valence-corrected chi connectivity index (χ3v) is 6.43. The molecule has 0 fully saturated rings. The lowest BCUT2D eigenvalue weighted by Crippen LogP contribution is -2.23. The molecule has 1 amide bonds. The Bertz CT molecular complexity index is 1140. The lowest BCUT2D eigenvalue weighted by molar-refractivity contribution is 0.102. The molecule has 146 valence electrons. The van der Waals surface area contributed by atoms with Gasteiger partial charge in [-0.2, -0.15) is 5.10 Å². The van der Waals surface area contributed by atoms with E-state index in [9.17, 15) is 13.2 Å². The zero-order chi connectivity index (χ0) is 20.5. The van der Waals surface area contributed by atoms with E-state index in [2.05, 4.69) is 10.4 Å². The van der Waals surface area contributed by atoms with Crippen molar-refractivity contribution in [2.45, 2.75) is 11.8 Å². The summed E-state index contributed by atoms with van der Waals surface area (Å²) >= 11 is 6.04. The summed E-state index contributed by atoms with van der Waals surface area (Å²) in [5.41, 5.74) is 2.50. The minimum absolute atomic E-state index is 0.0569. The first-order valence-electron chi connectivity index (χ1n) is 8.34. The van der Waals surface area contributed by atoms with Crippen LogP contribution in [0.2, 0.25) is 5.02 Å². The predicted octanol–water partition coefficient (Wildman–Crippen LogP) is 3.34. The highest BCUT2D eigenvalue weighted by molar-refractivity contribution is 7.89. The van der Waals surface area contributed by atoms with Crippen molar-refractivity contribution in [3.8, 4) is 5.69 Å². The predicted molar refractivity (Wildman–Crippen MR) is 109 cm³/mol. The molecule has 7 nitrogen and oxygen atoms in total. The minimum Gasteiger partial charge on any atom is -0.322 e. The molecule has 1 aromatic heterocycles. The van der Waals surface area contributed by atoms with Crippen LogP contribution < -0.4 is 5.32 Å². The van der Waals surface area contributed by atoms with Crippen LogP contribution in [0.4, 0.5) is 5.69 Å². The van der Waals surface area contributed by atoms with Crippen molar-refractivity contribution in [3.63, 3.8) is 0 Å². The molecule has 0 atom stereocenters. The number of hydrogen-bond acceptors (Lipinski definition) is 4. The summed E-state index contributed by atoms with van der Waals surface area (Å²) in [4.78, 5) is 12.5. The molecule has 0 spiro atoms. The van der Waals surface area contributed by atoms with Gasteiger partial charge in [0.15, 0.2) is 0 Å². The van der Waals surface area contributed by atoms with E-state index in [4.69, 9.17) is 11.6 Å². The van der Waals surface area contributed by atoms with Crippen molar-refractivity contribution in [3.05, 3.63) is 71.0 Å². The summed E-state index contributed by atoms with van der Waals surface area (Å²) in [6, 6.07) is 13.2. The Balaban J connectivity index is 1.89. The quantitative estimate of drug-likeness (QED) is 0.688. The monoisotopic (exact) mass is 418 g/mol. The second-order valence-electron chi connectivity index (χ2n) is 6.32. The van der Waals surface area contributed by atoms with Crippen molar-refractivity contribution in [2.75, 3.05) is 19.4 Å². The molecule has 9 heteroatoms. The van der Waals surface area contributed by atoms with Crippen LogP contribution >= 0.6 is 11.6 Å². The lowest BCUT2D eigenvalue weighted by Gasteiger charge is -2.14. The van der Waals surface area contributed by atoms with Crippen molar-refractivity contribution >= 4 is 33.2 Å². The zero-order valence-corrected chi connectivity index (χ0v) is 17.1. The number of aromatic nitrogens is 2. The van der Waals surface area contributed by atoms with Crippen LogP contribution in [0.25, 0.3) is 5.69 Å². The molecular weight excluding hydrogens is 400 g/mol. The Morgan fingerprint density at radius 2 is 1.89 bits per heavy atom. The molecule has 0 saturated carbocycles. The van der Waals surface area contributed by atoms with E-state index in [1.165, 1.54) is 32.3 Å². The van der Waals surface area contributed by atoms with Crippen molar-refractivity contribution < 1.29 is 13.2 Å². The number of nitrogens with one attached hydrogen (secondary N) is 1. The Labute approximate surface area is 168 Å². The maximum absolute atomic E-state index is 12.7. The topological polar surface area (TPSA) is 84.3 Å². The van der Waals surface area contributed by atoms with E-state index in [0.717, 1.165) is 15.7 Å². The number of sulfonamides is 1. The Morgan fingerprint density at radius 3 is 2.54 bits per heavy atom. The summed E-state index contributed by atoms with van der Waals surface area (Å²) in [5, 5.41) is 7.08. The van der Waals surface area contributed by atoms with Gasteiger partial charge in [0.25, 0.3) is 5.91 Å². The van der Waals surface area contributed by atoms with Gasteiger partial charge in [-0.3, -0.25) is 4.79 Å². The first-order chi connectivity index (χ1) is 13.2. The van der Waals surface area contributed by atoms with Crippen LogP contribution in [0.15, 0.2) is 59.6 Å². The average Bonchev–Trinajstić information content (AvgIpc) is 3.08. The summed E-state index contributed by atoms with van der Waals surface area (Å²) < 4.78 is 27.6. The molecular formula is C19H19ClN4O3S. The van der Waals surface area contributed by atoms with Gasteiger partial charge in [-0.25, -0.2) is 17.4 Å². The number of aryl methyl sites for hydroxylation is 1. The van der Waals surface area contributed by atoms with Crippen molar-refractivity contribution in [2.24, 2.45) is 0 Å². The number of amides is 1. The van der Waals surface area contributed by atoms with Gasteiger partial charge in [0.1, 0.15) is 4.90 Å². The first-order valence-corrected chi connectivity index (χ1v) is 10.2. The van der Waals surface area contributed by atoms with Crippen molar-refractivity contribution in [1.82, 2.24) is 14.1 Å². The average molecular weight is 419 g/mol. The zero-order valence-electron chi connectivity index (χ0n) is 15.5. The normalized spacial score (nSPS) is 11.6. The molecule has 0 aliphatic rings. The van der Waals surface area contributed by atoms with Crippen LogP contribution in [0.5, 0.6) is 0 Å². The minimum atomic E-state index is -3.77. The van der Waals surface area contributed by atoms with Crippen LogP contribution in [-0.4, -0.2) is 42.5 Å². The van der Waals surface area contributed by atoms with Gasteiger partial charge in [0, 0.05) is 37.2 Å². The third-order valence-electron chi connectivity index (χ3n) is 4.13. The van der Waals surface area contributed by atoms with E-state index >= 15 is 0 Å². The molecule has 0 aliphatic heterocycles. The summed E-state index contributed by atoms with van der Waals surface area (Å²) in [6.45, 7) is 1.93. The fourth-order valence-electron chi connectivity index (χ4n) is 2.60. The van der Waals surface area contributed by atoms with E-state index in [1.54, 1.807) is 29.1 Å². The summed E-state index contributed by atoms with van der Waals surface area (Å²) in [5.74, 6) is -0.443. The molecule has 3 rings (SSSR count). The molecule has 0 saturated heterocycles. The second kappa shape index (κ2) is 7.75. The highest BCUT2D eigenvalue weighted by Gasteiger charge is 2.22. The number of carbonyl (C=O) groups excluding carboxylic acids is 1. The van der Waals surface area contributed by atoms with Gasteiger partial charge < -0.3 is 5.32 Å². The number of halogens is 1. The Kier molecular flexibility index (Phi) is 5.55. The van der Waals surface area contributed by atoms with Gasteiger partial charge in [-0.1, -0.05) is 17.7 Å². The number of benzene rings is 2. The molecule has 0 bridgehead atoms. The number of nitrogens with zero attached hydrogens (tertiary/aromatic N) is 3. The standard InChI is InChI=1S/C19H19ClN4O3S/c1-13-9-10-21-24(13)16-6-4-5-15(12-16)22-19(25)14-7-8-17(20)18(11-14)28(26,27)23(2)3/h4-12H,1-3H3,(H,22,25). The van der Waals surface area contributed by atoms with E-state index < -0.39 is 15.9 Å². The highest BCUT2D eigenvalue weighted by Crippen LogP contribution is 2.25. The first kappa shape index (κ1) is 20.1. The number of rotatable bonds is 5. The van der Waals surface area contributed by atoms with Gasteiger partial charge in [0.2, 0.25) is 10.0 Å². The fourth-order valence-corrected chi connectivity index (χ4v) is 3.99. The molecule has 3 aromatic rings. The second-order valence-corrected chi connectivity index (χ2v) is 8.85. The van der Waals surface area contributed by atoms with Crippen LogP contribution in [0.3, 0.4) is 0 Å². The molecule has 1 heterocycles. The third kappa shape index (κ3) is 3.94. The smallest absolute Gasteiger partial charge is 0.255 e. The molecule has 0 radical (unpaired) electrons. The number of hydrogen-bond donors (Lipinski definition) is 1. The van der Waals surface area contributed by atoms with E-state index in [0.29, 0.717) is 5.69 Å². The molecule has 2 aromatic carbocycles. The van der Waals surface area contributed by atoms with Crippen LogP contribution in [0, 0.1) is 6.92 Å². The lowest BCUT2D eigenvalue weighted by atomic mass is 10.2. The van der Waals surface area contributed by atoms with E-state index in [-0.39, 0.29) is 15.5 Å². The Morgan fingerprint density at radius 1 is 1.14 bits per heavy atom. The molecule has 1 N–H and O–H groups in total. The van der Waals surface area contributed by atoms with Gasteiger partial charge in [0.05, 0.1) is 10.7 Å². The van der Waals surface area contributed by atoms with E-state index in [1.807, 2.05) is 19.1 Å². The SMILES string of the molecule is Cc1ccnn1-c1cccc(NC(=O)c2ccc(Cl)c(S(=O)(=O)N(C)C)c2)c1. The summed E-state index contributed by atoms with van der Waals surface area (Å²) in [6.07, 6.45) is 1.70. The number of carbonyl (C=O) groups is 1. The maximum Gasteiger partial charge on any atom is 0.255 e. The summed E-state index contributed by atoms with van der Waals surface area (Å²) in [7, 11) is -0.960. The van der Waals surface area contributed by atoms with Crippen LogP contribution in [0.1, 0.15) is 16.1 Å². The maximum atomic E-state index is 12.7. The molecule has 0 aliphatic carbocycles. The number of anilines is 1. The van der Waals surface area contributed by atoms with Gasteiger partial charge in [-0.15, -0.1) is 0 Å². The highest BCUT2D eigenvalue weighted by atomic mass is 35.5. The van der Waals surface area contributed by atoms with Gasteiger partial charge in [-0.05, 0) is 49.4 Å². The fraction of sp³-hybridized carbons (Fsp3) is 0.158. The molecule has 28 heavy (non-hydrogen) atoms. The van der Waals surface area contributed by atoms with Crippen molar-refractivity contribution in [1.29, 1.82) is 0 Å². The molecule has 0 unspecified atom stereocenters. The van der Waals surface area contributed by atoms with Gasteiger partial charge >= 0.3 is 0 Å².